The summed E-state index contributed by atoms with van der Waals surface area (Å²) < 4.78 is 0. The van der Waals surface area contributed by atoms with Crippen LogP contribution in [-0.2, 0) is 11.2 Å². The SMILES string of the molecule is NCCC(Cc1c[nH]c2cc(Cl)ccc12)C(=O)O. The third kappa shape index (κ3) is 2.66. The van der Waals surface area contributed by atoms with Gasteiger partial charge < -0.3 is 15.8 Å². The highest BCUT2D eigenvalue weighted by molar-refractivity contribution is 6.31. The highest BCUT2D eigenvalue weighted by atomic mass is 35.5. The van der Waals surface area contributed by atoms with Gasteiger partial charge in [0.2, 0.25) is 0 Å². The highest BCUT2D eigenvalue weighted by Crippen LogP contribution is 2.24. The zero-order chi connectivity index (χ0) is 13.1. The highest BCUT2D eigenvalue weighted by Gasteiger charge is 2.18. The lowest BCUT2D eigenvalue weighted by Crippen LogP contribution is -2.20. The number of aliphatic carboxylic acids is 1. The molecule has 0 spiro atoms. The molecule has 2 rings (SSSR count). The molecule has 0 bridgehead atoms. The number of nitrogens with one attached hydrogen (secondary N) is 1. The van der Waals surface area contributed by atoms with Crippen LogP contribution in [0.15, 0.2) is 24.4 Å². The smallest absolute Gasteiger partial charge is 0.306 e. The number of hydrogen-bond acceptors (Lipinski definition) is 2. The Hall–Kier alpha value is -1.52. The van der Waals surface area contributed by atoms with Gasteiger partial charge in [0.15, 0.2) is 0 Å². The summed E-state index contributed by atoms with van der Waals surface area (Å²) in [6.07, 6.45) is 2.80. The third-order valence-electron chi connectivity index (χ3n) is 3.06. The lowest BCUT2D eigenvalue weighted by molar-refractivity contribution is -0.141. The Morgan fingerprint density at radius 1 is 1.50 bits per heavy atom. The Morgan fingerprint density at radius 3 is 2.94 bits per heavy atom. The van der Waals surface area contributed by atoms with Gasteiger partial charge in [-0.2, -0.15) is 0 Å². The number of nitrogens with two attached hydrogens (primary N) is 1. The van der Waals surface area contributed by atoms with Crippen LogP contribution in [0, 0.1) is 5.92 Å². The van der Waals surface area contributed by atoms with Crippen LogP contribution in [0.4, 0.5) is 0 Å². The molecule has 0 aliphatic heterocycles. The Kier molecular flexibility index (Phi) is 3.89. The Bertz CT molecular complexity index is 565. The Balaban J connectivity index is 2.28. The molecule has 0 aliphatic rings. The van der Waals surface area contributed by atoms with Crippen LogP contribution in [0.2, 0.25) is 5.02 Å². The van der Waals surface area contributed by atoms with Crippen molar-refractivity contribution in [1.29, 1.82) is 0 Å². The van der Waals surface area contributed by atoms with Crippen molar-refractivity contribution in [2.45, 2.75) is 12.8 Å². The minimum absolute atomic E-state index is 0.380. The predicted molar refractivity (Wildman–Crippen MR) is 71.8 cm³/mol. The number of carboxylic acids is 1. The van der Waals surface area contributed by atoms with Crippen molar-refractivity contribution >= 4 is 28.5 Å². The van der Waals surface area contributed by atoms with E-state index in [2.05, 4.69) is 4.98 Å². The quantitative estimate of drug-likeness (QED) is 0.778. The summed E-state index contributed by atoms with van der Waals surface area (Å²) in [5.41, 5.74) is 7.35. The molecule has 0 amide bonds. The molecule has 1 aromatic carbocycles. The minimum Gasteiger partial charge on any atom is -0.481 e. The van der Waals surface area contributed by atoms with Crippen molar-refractivity contribution < 1.29 is 9.90 Å². The van der Waals surface area contributed by atoms with E-state index in [1.54, 1.807) is 6.07 Å². The molecule has 18 heavy (non-hydrogen) atoms. The molecule has 96 valence electrons. The van der Waals surface area contributed by atoms with Crippen molar-refractivity contribution in [2.24, 2.45) is 11.7 Å². The number of carbonyl (C=O) groups is 1. The fourth-order valence-electron chi connectivity index (χ4n) is 2.11. The zero-order valence-corrected chi connectivity index (χ0v) is 10.6. The second kappa shape index (κ2) is 5.42. The van der Waals surface area contributed by atoms with Crippen LogP contribution in [0.3, 0.4) is 0 Å². The molecular weight excluding hydrogens is 252 g/mol. The van der Waals surface area contributed by atoms with Gasteiger partial charge in [-0.1, -0.05) is 17.7 Å². The van der Waals surface area contributed by atoms with Gasteiger partial charge in [0.1, 0.15) is 0 Å². The maximum atomic E-state index is 11.1. The number of H-pyrrole nitrogens is 1. The summed E-state index contributed by atoms with van der Waals surface area (Å²) in [5, 5.41) is 10.8. The van der Waals surface area contributed by atoms with Crippen molar-refractivity contribution in [3.8, 4) is 0 Å². The molecule has 4 nitrogen and oxygen atoms in total. The summed E-state index contributed by atoms with van der Waals surface area (Å²) >= 11 is 5.90. The molecule has 0 fully saturated rings. The average Bonchev–Trinajstić information content (AvgIpc) is 2.71. The lowest BCUT2D eigenvalue weighted by atomic mass is 9.96. The molecule has 1 unspecified atom stereocenters. The lowest BCUT2D eigenvalue weighted by Gasteiger charge is -2.10. The standard InChI is InChI=1S/C13H15ClN2O2/c14-10-1-2-11-9(7-16-12(11)6-10)5-8(3-4-15)13(17)18/h1-2,6-8,16H,3-5,15H2,(H,17,18). The number of rotatable bonds is 5. The fourth-order valence-corrected chi connectivity index (χ4v) is 2.28. The molecule has 1 aromatic heterocycles. The first kappa shape index (κ1) is 12.9. The molecular formula is C13H15ClN2O2. The van der Waals surface area contributed by atoms with E-state index in [1.807, 2.05) is 18.3 Å². The molecule has 5 heteroatoms. The predicted octanol–water partition coefficient (Wildman–Crippen LogP) is 2.41. The summed E-state index contributed by atoms with van der Waals surface area (Å²) in [6, 6.07) is 5.55. The Labute approximate surface area is 110 Å². The van der Waals surface area contributed by atoms with Gasteiger partial charge in [0.05, 0.1) is 5.92 Å². The number of benzene rings is 1. The molecule has 0 aliphatic carbocycles. The number of hydrogen-bond donors (Lipinski definition) is 3. The van der Waals surface area contributed by atoms with E-state index in [0.29, 0.717) is 24.4 Å². The van der Waals surface area contributed by atoms with Crippen LogP contribution < -0.4 is 5.73 Å². The van der Waals surface area contributed by atoms with E-state index in [4.69, 9.17) is 22.4 Å². The van der Waals surface area contributed by atoms with Gasteiger partial charge in [0, 0.05) is 22.1 Å². The monoisotopic (exact) mass is 266 g/mol. The molecule has 0 saturated carbocycles. The van der Waals surface area contributed by atoms with E-state index in [1.165, 1.54) is 0 Å². The Morgan fingerprint density at radius 2 is 2.28 bits per heavy atom. The second-order valence-electron chi connectivity index (χ2n) is 4.32. The van der Waals surface area contributed by atoms with E-state index in [-0.39, 0.29) is 0 Å². The topological polar surface area (TPSA) is 79.1 Å². The summed E-state index contributed by atoms with van der Waals surface area (Å²) in [5.74, 6) is -1.24. The number of aromatic amines is 1. The van der Waals surface area contributed by atoms with Gasteiger partial charge in [-0.05, 0) is 37.1 Å². The first-order valence-corrected chi connectivity index (χ1v) is 6.18. The second-order valence-corrected chi connectivity index (χ2v) is 4.76. The van der Waals surface area contributed by atoms with Crippen molar-refractivity contribution in [2.75, 3.05) is 6.54 Å². The van der Waals surface area contributed by atoms with Crippen molar-refractivity contribution in [1.82, 2.24) is 4.98 Å². The van der Waals surface area contributed by atoms with Gasteiger partial charge in [-0.15, -0.1) is 0 Å². The van der Waals surface area contributed by atoms with Crippen molar-refractivity contribution in [3.05, 3.63) is 35.0 Å². The van der Waals surface area contributed by atoms with Crippen LogP contribution in [-0.4, -0.2) is 22.6 Å². The normalized spacial score (nSPS) is 12.8. The number of halogens is 1. The van der Waals surface area contributed by atoms with Crippen LogP contribution in [0.25, 0.3) is 10.9 Å². The molecule has 0 radical (unpaired) electrons. The number of fused-ring (bicyclic) bond motifs is 1. The molecule has 4 N–H and O–H groups in total. The minimum atomic E-state index is -0.802. The molecule has 1 heterocycles. The fraction of sp³-hybridized carbons (Fsp3) is 0.308. The molecule has 1 atom stereocenters. The third-order valence-corrected chi connectivity index (χ3v) is 3.30. The summed E-state index contributed by atoms with van der Waals surface area (Å²) in [6.45, 7) is 0.380. The first-order chi connectivity index (χ1) is 8.61. The summed E-state index contributed by atoms with van der Waals surface area (Å²) in [7, 11) is 0. The largest absolute Gasteiger partial charge is 0.481 e. The van der Waals surface area contributed by atoms with Crippen LogP contribution >= 0.6 is 11.6 Å². The van der Waals surface area contributed by atoms with Gasteiger partial charge >= 0.3 is 5.97 Å². The zero-order valence-electron chi connectivity index (χ0n) is 9.82. The van der Waals surface area contributed by atoms with E-state index in [9.17, 15) is 4.79 Å². The average molecular weight is 267 g/mol. The van der Waals surface area contributed by atoms with Gasteiger partial charge in [-0.25, -0.2) is 0 Å². The maximum Gasteiger partial charge on any atom is 0.306 e. The van der Waals surface area contributed by atoms with Gasteiger partial charge in [0.25, 0.3) is 0 Å². The maximum absolute atomic E-state index is 11.1. The van der Waals surface area contributed by atoms with E-state index < -0.39 is 11.9 Å². The summed E-state index contributed by atoms with van der Waals surface area (Å²) in [4.78, 5) is 14.2. The van der Waals surface area contributed by atoms with Crippen LogP contribution in [0.1, 0.15) is 12.0 Å². The van der Waals surface area contributed by atoms with Crippen molar-refractivity contribution in [3.63, 3.8) is 0 Å². The molecule has 0 saturated heterocycles. The number of carboxylic acid groups (broad SMARTS) is 1. The first-order valence-electron chi connectivity index (χ1n) is 5.80. The molecule has 2 aromatic rings. The van der Waals surface area contributed by atoms with E-state index in [0.717, 1.165) is 16.5 Å². The van der Waals surface area contributed by atoms with Gasteiger partial charge in [-0.3, -0.25) is 4.79 Å². The van der Waals surface area contributed by atoms with Crippen LogP contribution in [0.5, 0.6) is 0 Å². The van der Waals surface area contributed by atoms with E-state index >= 15 is 0 Å². The number of aromatic nitrogens is 1.